The fourth-order valence-electron chi connectivity index (χ4n) is 1.31. The average molecular weight is 284 g/mol. The van der Waals surface area contributed by atoms with Crippen LogP contribution in [0.2, 0.25) is 0 Å². The van der Waals surface area contributed by atoms with Crippen molar-refractivity contribution in [2.45, 2.75) is 0 Å². The van der Waals surface area contributed by atoms with E-state index in [0.717, 1.165) is 4.47 Å². The minimum absolute atomic E-state index is 0.556. The monoisotopic (exact) mass is 283 g/mol. The predicted molar refractivity (Wildman–Crippen MR) is 63.0 cm³/mol. The van der Waals surface area contributed by atoms with Crippen LogP contribution in [0.15, 0.2) is 23.2 Å². The number of ether oxygens (including phenoxy) is 1. The molecule has 6 nitrogen and oxygen atoms in total. The van der Waals surface area contributed by atoms with Gasteiger partial charge in [-0.05, 0) is 15.9 Å². The van der Waals surface area contributed by atoms with E-state index >= 15 is 0 Å². The molecule has 0 amide bonds. The zero-order valence-corrected chi connectivity index (χ0v) is 10.4. The van der Waals surface area contributed by atoms with E-state index in [0.29, 0.717) is 17.4 Å². The van der Waals surface area contributed by atoms with Gasteiger partial charge in [-0.2, -0.15) is 5.10 Å². The summed E-state index contributed by atoms with van der Waals surface area (Å²) in [5, 5.41) is 7.08. The van der Waals surface area contributed by atoms with Crippen LogP contribution >= 0.6 is 15.9 Å². The molecule has 0 radical (unpaired) electrons. The summed E-state index contributed by atoms with van der Waals surface area (Å²) in [6.07, 6.45) is 4.93. The van der Waals surface area contributed by atoms with Gasteiger partial charge in [-0.25, -0.2) is 14.6 Å². The van der Waals surface area contributed by atoms with Crippen molar-refractivity contribution < 1.29 is 4.74 Å². The second kappa shape index (κ2) is 4.48. The molecule has 84 valence electrons. The number of aromatic nitrogens is 4. The van der Waals surface area contributed by atoms with Gasteiger partial charge in [-0.1, -0.05) is 0 Å². The third-order valence-corrected chi connectivity index (χ3v) is 2.40. The van der Waals surface area contributed by atoms with Crippen LogP contribution in [0.5, 0.6) is 5.75 Å². The number of methoxy groups -OCH3 is 1. The molecule has 2 rings (SSSR count). The highest BCUT2D eigenvalue weighted by molar-refractivity contribution is 9.10. The molecule has 1 N–H and O–H groups in total. The molecule has 0 unspecified atom stereocenters. The number of rotatable bonds is 3. The zero-order valence-electron chi connectivity index (χ0n) is 8.81. The second-order valence-electron chi connectivity index (χ2n) is 2.93. The van der Waals surface area contributed by atoms with E-state index in [1.807, 2.05) is 0 Å². The highest BCUT2D eigenvalue weighted by atomic mass is 79.9. The lowest BCUT2D eigenvalue weighted by molar-refractivity contribution is 0.409. The summed E-state index contributed by atoms with van der Waals surface area (Å²) in [4.78, 5) is 8.21. The predicted octanol–water partition coefficient (Wildman–Crippen LogP) is 1.48. The van der Waals surface area contributed by atoms with Crippen molar-refractivity contribution in [1.82, 2.24) is 19.7 Å². The molecule has 2 aromatic rings. The van der Waals surface area contributed by atoms with Gasteiger partial charge >= 0.3 is 0 Å². The van der Waals surface area contributed by atoms with Gasteiger partial charge in [0.2, 0.25) is 11.6 Å². The number of anilines is 1. The molecule has 0 saturated carbocycles. The van der Waals surface area contributed by atoms with Crippen LogP contribution in [0.3, 0.4) is 0 Å². The molecule has 0 aromatic carbocycles. The molecule has 0 atom stereocenters. The summed E-state index contributed by atoms with van der Waals surface area (Å²) in [5.41, 5.74) is 0. The fraction of sp³-hybridized carbons (Fsp3) is 0.222. The van der Waals surface area contributed by atoms with Gasteiger partial charge < -0.3 is 10.1 Å². The molecule has 0 spiro atoms. The third-order valence-electron chi connectivity index (χ3n) is 1.99. The summed E-state index contributed by atoms with van der Waals surface area (Å²) < 4.78 is 7.76. The Morgan fingerprint density at radius 3 is 2.81 bits per heavy atom. The molecule has 0 aliphatic rings. The fourth-order valence-corrected chi connectivity index (χ4v) is 1.60. The number of hydrogen-bond acceptors (Lipinski definition) is 5. The Hall–Kier alpha value is -1.63. The smallest absolute Gasteiger partial charge is 0.206 e. The third kappa shape index (κ3) is 1.85. The molecule has 16 heavy (non-hydrogen) atoms. The Bertz CT molecular complexity index is 498. The largest absolute Gasteiger partial charge is 0.490 e. The van der Waals surface area contributed by atoms with Gasteiger partial charge in [0.1, 0.15) is 6.33 Å². The van der Waals surface area contributed by atoms with Gasteiger partial charge in [0, 0.05) is 13.2 Å². The Morgan fingerprint density at radius 1 is 1.44 bits per heavy atom. The van der Waals surface area contributed by atoms with E-state index < -0.39 is 0 Å². The molecular formula is C9H10BrN5O. The minimum Gasteiger partial charge on any atom is -0.490 e. The Kier molecular flexibility index (Phi) is 3.04. The molecular weight excluding hydrogens is 274 g/mol. The SMILES string of the molecule is CNc1ncnc(-n2cc(Br)cn2)c1OC. The lowest BCUT2D eigenvalue weighted by atomic mass is 10.4. The number of hydrogen-bond donors (Lipinski definition) is 1. The van der Waals surface area contributed by atoms with Crippen LogP contribution in [0, 0.1) is 0 Å². The summed E-state index contributed by atoms with van der Waals surface area (Å²) in [7, 11) is 3.34. The Balaban J connectivity index is 2.56. The molecule has 2 aromatic heterocycles. The van der Waals surface area contributed by atoms with Crippen molar-refractivity contribution in [3.8, 4) is 11.6 Å². The summed E-state index contributed by atoms with van der Waals surface area (Å²) in [6, 6.07) is 0. The van der Waals surface area contributed by atoms with E-state index in [1.165, 1.54) is 6.33 Å². The molecule has 7 heteroatoms. The summed E-state index contributed by atoms with van der Waals surface area (Å²) >= 11 is 3.33. The highest BCUT2D eigenvalue weighted by Gasteiger charge is 2.13. The van der Waals surface area contributed by atoms with Crippen molar-refractivity contribution in [2.24, 2.45) is 0 Å². The van der Waals surface area contributed by atoms with E-state index in [-0.39, 0.29) is 0 Å². The first kappa shape index (κ1) is 10.9. The van der Waals surface area contributed by atoms with Crippen LogP contribution in [0.1, 0.15) is 0 Å². The first-order valence-electron chi connectivity index (χ1n) is 4.53. The molecule has 0 fully saturated rings. The average Bonchev–Trinajstić information content (AvgIpc) is 2.74. The Morgan fingerprint density at radius 2 is 2.25 bits per heavy atom. The molecule has 2 heterocycles. The van der Waals surface area contributed by atoms with Crippen LogP contribution in [-0.2, 0) is 0 Å². The first-order valence-corrected chi connectivity index (χ1v) is 5.33. The van der Waals surface area contributed by atoms with Crippen molar-refractivity contribution in [1.29, 1.82) is 0 Å². The van der Waals surface area contributed by atoms with Crippen molar-refractivity contribution in [3.63, 3.8) is 0 Å². The molecule has 0 aliphatic carbocycles. The zero-order chi connectivity index (χ0) is 11.5. The Labute approximate surface area is 101 Å². The lowest BCUT2D eigenvalue weighted by Gasteiger charge is -2.10. The van der Waals surface area contributed by atoms with Crippen LogP contribution in [-0.4, -0.2) is 33.9 Å². The lowest BCUT2D eigenvalue weighted by Crippen LogP contribution is -2.05. The van der Waals surface area contributed by atoms with Gasteiger partial charge in [-0.15, -0.1) is 0 Å². The minimum atomic E-state index is 0.556. The van der Waals surface area contributed by atoms with Crippen molar-refractivity contribution >= 4 is 21.7 Å². The highest BCUT2D eigenvalue weighted by Crippen LogP contribution is 2.27. The van der Waals surface area contributed by atoms with Gasteiger partial charge in [0.15, 0.2) is 5.82 Å². The van der Waals surface area contributed by atoms with E-state index in [2.05, 4.69) is 36.3 Å². The van der Waals surface area contributed by atoms with Gasteiger partial charge in [-0.3, -0.25) is 0 Å². The summed E-state index contributed by atoms with van der Waals surface area (Å²) in [6.45, 7) is 0. The van der Waals surface area contributed by atoms with Crippen molar-refractivity contribution in [3.05, 3.63) is 23.2 Å². The standard InChI is InChI=1S/C9H10BrN5O/c1-11-8-7(16-2)9(13-5-12-8)15-4-6(10)3-14-15/h3-5H,1-2H3,(H,11,12,13). The normalized spacial score (nSPS) is 10.2. The maximum Gasteiger partial charge on any atom is 0.206 e. The maximum atomic E-state index is 5.27. The van der Waals surface area contributed by atoms with E-state index in [4.69, 9.17) is 4.74 Å². The molecule has 0 saturated heterocycles. The number of nitrogens with one attached hydrogen (secondary N) is 1. The van der Waals surface area contributed by atoms with E-state index in [9.17, 15) is 0 Å². The molecule has 0 aliphatic heterocycles. The first-order chi connectivity index (χ1) is 7.76. The van der Waals surface area contributed by atoms with Gasteiger partial charge in [0.25, 0.3) is 0 Å². The van der Waals surface area contributed by atoms with Gasteiger partial charge in [0.05, 0.1) is 17.8 Å². The van der Waals surface area contributed by atoms with Crippen LogP contribution in [0.4, 0.5) is 5.82 Å². The van der Waals surface area contributed by atoms with Crippen LogP contribution in [0.25, 0.3) is 5.82 Å². The quantitative estimate of drug-likeness (QED) is 0.924. The second-order valence-corrected chi connectivity index (χ2v) is 3.85. The van der Waals surface area contributed by atoms with E-state index in [1.54, 1.807) is 31.2 Å². The number of nitrogens with zero attached hydrogens (tertiary/aromatic N) is 4. The maximum absolute atomic E-state index is 5.27. The topological polar surface area (TPSA) is 64.9 Å². The summed E-state index contributed by atoms with van der Waals surface area (Å²) in [5.74, 6) is 1.77. The number of halogens is 1. The van der Waals surface area contributed by atoms with Crippen molar-refractivity contribution in [2.75, 3.05) is 19.5 Å². The molecule has 0 bridgehead atoms. The van der Waals surface area contributed by atoms with Crippen LogP contribution < -0.4 is 10.1 Å².